The molecule has 6 rings (SSSR count). The molecule has 0 saturated carbocycles. The number of aliphatic carboxylic acids is 1. The number of carbonyl (C=O) groups is 6. The Morgan fingerprint density at radius 1 is 0.785 bits per heavy atom. The van der Waals surface area contributed by atoms with Crippen molar-refractivity contribution in [1.82, 2.24) is 25.8 Å². The number of carboxylic acid groups (broad SMARTS) is 1. The van der Waals surface area contributed by atoms with Gasteiger partial charge in [0.1, 0.15) is 35.7 Å². The number of phenols is 2. The summed E-state index contributed by atoms with van der Waals surface area (Å²) in [5.41, 5.74) is 4.76. The third-order valence-corrected chi connectivity index (χ3v) is 12.5. The largest absolute Gasteiger partial charge is 0.507 e. The van der Waals surface area contributed by atoms with E-state index in [-0.39, 0.29) is 65.9 Å². The molecule has 4 bridgehead atoms. The quantitative estimate of drug-likeness (QED) is 0.0665. The number of fused-ring (bicyclic) bond motifs is 5. The summed E-state index contributed by atoms with van der Waals surface area (Å²) in [7, 11) is 1.41. The standard InChI is InChI=1S/C51H61N5O9/c1-4-5-6-7-8-9-10-12-33-14-17-35(18-15-33)36-19-21-37(22-20-36)48(61)52-27-26-45(59)56-28-11-13-42(56)50(63)55(3)46-38-23-25-44(58)40(31-38)39-29-34(16-24-43(39)57)30-41(51(64)65)54-47(60)32(2)53-49(46)62/h14-25,29,31-32,41-42,46,57-58H,4-13,26-28,30H2,1-3H3,(H,52,61)(H,53,62)(H,54,60)(H,64,65)/t32-,41-,42-,46-/m0/s1. The zero-order chi connectivity index (χ0) is 46.6. The van der Waals surface area contributed by atoms with Gasteiger partial charge in [-0.05, 0) is 96.8 Å². The van der Waals surface area contributed by atoms with Gasteiger partial charge in [0.05, 0.1) is 0 Å². The third-order valence-electron chi connectivity index (χ3n) is 12.5. The Morgan fingerprint density at radius 3 is 2.09 bits per heavy atom. The highest BCUT2D eigenvalue weighted by Crippen LogP contribution is 2.39. The van der Waals surface area contributed by atoms with Gasteiger partial charge in [-0.3, -0.25) is 24.0 Å². The van der Waals surface area contributed by atoms with Gasteiger partial charge in [0, 0.05) is 49.7 Å². The van der Waals surface area contributed by atoms with Crippen molar-refractivity contribution in [3.63, 3.8) is 0 Å². The Morgan fingerprint density at radius 2 is 1.42 bits per heavy atom. The number of nitrogens with one attached hydrogen (secondary N) is 3. The van der Waals surface area contributed by atoms with E-state index >= 15 is 0 Å². The van der Waals surface area contributed by atoms with Crippen LogP contribution in [0.5, 0.6) is 11.5 Å². The Hall–Kier alpha value is -6.70. The summed E-state index contributed by atoms with van der Waals surface area (Å²) >= 11 is 0. The van der Waals surface area contributed by atoms with Crippen LogP contribution in [0.4, 0.5) is 0 Å². The number of hydrogen-bond donors (Lipinski definition) is 6. The SMILES string of the molecule is CCCCCCCCCc1ccc(-c2ccc(C(=O)NCCC(=O)N3CCC[C@H]3C(=O)N(C)[C@@H]3C(=O)N[C@@H](C)C(=O)N[C@H](C(=O)O)Cc4ccc(O)c(c4)-c4cc3ccc4O)cc2)cc1. The number of hydrogen-bond acceptors (Lipinski definition) is 8. The molecule has 0 aliphatic carbocycles. The van der Waals surface area contributed by atoms with E-state index in [2.05, 4.69) is 47.1 Å². The molecular weight excluding hydrogens is 827 g/mol. The lowest BCUT2D eigenvalue weighted by atomic mass is 9.93. The topological polar surface area (TPSA) is 206 Å². The van der Waals surface area contributed by atoms with E-state index in [0.717, 1.165) is 17.5 Å². The molecule has 4 atom stereocenters. The van der Waals surface area contributed by atoms with Crippen LogP contribution in [-0.2, 0) is 36.8 Å². The molecule has 2 heterocycles. The molecule has 14 heteroatoms. The van der Waals surface area contributed by atoms with E-state index in [1.807, 2.05) is 12.1 Å². The average molecular weight is 888 g/mol. The zero-order valence-electron chi connectivity index (χ0n) is 37.5. The second-order valence-electron chi connectivity index (χ2n) is 17.2. The fourth-order valence-electron chi connectivity index (χ4n) is 8.68. The first-order valence-corrected chi connectivity index (χ1v) is 22.8. The van der Waals surface area contributed by atoms with Crippen LogP contribution in [0.1, 0.15) is 111 Å². The molecule has 1 saturated heterocycles. The zero-order valence-corrected chi connectivity index (χ0v) is 37.5. The van der Waals surface area contributed by atoms with Crippen LogP contribution in [0.15, 0.2) is 84.9 Å². The molecule has 4 aromatic rings. The van der Waals surface area contributed by atoms with Crippen LogP contribution in [0.25, 0.3) is 22.3 Å². The maximum Gasteiger partial charge on any atom is 0.326 e. The van der Waals surface area contributed by atoms with E-state index in [0.29, 0.717) is 24.0 Å². The first kappa shape index (κ1) is 47.8. The second-order valence-corrected chi connectivity index (χ2v) is 17.2. The average Bonchev–Trinajstić information content (AvgIpc) is 3.80. The molecule has 2 aliphatic rings. The lowest BCUT2D eigenvalue weighted by Gasteiger charge is -2.33. The molecular formula is C51H61N5O9. The first-order chi connectivity index (χ1) is 31.2. The van der Waals surface area contributed by atoms with E-state index in [9.17, 15) is 44.1 Å². The molecule has 1 fully saturated rings. The minimum Gasteiger partial charge on any atom is -0.507 e. The number of phenolic OH excluding ortho intramolecular Hbond substituents is 2. The van der Waals surface area contributed by atoms with Gasteiger partial charge < -0.3 is 41.1 Å². The van der Waals surface area contributed by atoms with Crippen molar-refractivity contribution >= 4 is 35.5 Å². The van der Waals surface area contributed by atoms with E-state index in [1.54, 1.807) is 12.1 Å². The summed E-state index contributed by atoms with van der Waals surface area (Å²) in [5, 5.41) is 39.6. The van der Waals surface area contributed by atoms with Crippen molar-refractivity contribution in [2.24, 2.45) is 0 Å². The van der Waals surface area contributed by atoms with Crippen molar-refractivity contribution in [3.05, 3.63) is 107 Å². The monoisotopic (exact) mass is 887 g/mol. The molecule has 2 aliphatic heterocycles. The highest BCUT2D eigenvalue weighted by atomic mass is 16.4. The molecule has 0 aromatic heterocycles. The molecule has 65 heavy (non-hydrogen) atoms. The van der Waals surface area contributed by atoms with Gasteiger partial charge in [0.25, 0.3) is 5.91 Å². The number of aromatic hydroxyl groups is 2. The molecule has 0 radical (unpaired) electrons. The van der Waals surface area contributed by atoms with Gasteiger partial charge in [-0.25, -0.2) is 4.79 Å². The number of carbonyl (C=O) groups excluding carboxylic acids is 5. The number of carboxylic acids is 1. The summed E-state index contributed by atoms with van der Waals surface area (Å²) in [5.74, 6) is -4.58. The van der Waals surface area contributed by atoms with Gasteiger partial charge in [0.15, 0.2) is 0 Å². The van der Waals surface area contributed by atoms with Crippen molar-refractivity contribution in [1.29, 1.82) is 0 Å². The Balaban J connectivity index is 1.09. The lowest BCUT2D eigenvalue weighted by Crippen LogP contribution is -2.54. The fraction of sp³-hybridized carbons (Fsp3) is 0.412. The highest BCUT2D eigenvalue weighted by Gasteiger charge is 2.40. The molecule has 0 spiro atoms. The van der Waals surface area contributed by atoms with Crippen molar-refractivity contribution < 1.29 is 44.1 Å². The van der Waals surface area contributed by atoms with Crippen molar-refractivity contribution in [2.75, 3.05) is 20.1 Å². The Bertz CT molecular complexity index is 2350. The van der Waals surface area contributed by atoms with Crippen LogP contribution in [0, 0.1) is 0 Å². The normalized spacial score (nSPS) is 18.5. The summed E-state index contributed by atoms with van der Waals surface area (Å²) in [6, 6.07) is 19.5. The van der Waals surface area contributed by atoms with Crippen LogP contribution in [0.2, 0.25) is 0 Å². The lowest BCUT2D eigenvalue weighted by molar-refractivity contribution is -0.147. The minimum atomic E-state index is -1.39. The predicted octanol–water partition coefficient (Wildman–Crippen LogP) is 6.67. The smallest absolute Gasteiger partial charge is 0.326 e. The maximum atomic E-state index is 14.4. The minimum absolute atomic E-state index is 0.0327. The maximum absolute atomic E-state index is 14.4. The second kappa shape index (κ2) is 22.3. The number of unbranched alkanes of at least 4 members (excludes halogenated alkanes) is 6. The van der Waals surface area contributed by atoms with Gasteiger partial charge in [-0.2, -0.15) is 0 Å². The van der Waals surface area contributed by atoms with Gasteiger partial charge in [-0.1, -0.05) is 94.0 Å². The van der Waals surface area contributed by atoms with Crippen LogP contribution >= 0.6 is 0 Å². The van der Waals surface area contributed by atoms with Crippen LogP contribution < -0.4 is 16.0 Å². The molecule has 0 unspecified atom stereocenters. The first-order valence-electron chi connectivity index (χ1n) is 22.8. The molecule has 6 N–H and O–H groups in total. The number of amides is 5. The van der Waals surface area contributed by atoms with E-state index in [1.165, 1.54) is 111 Å². The molecule has 4 aromatic carbocycles. The number of nitrogens with zero attached hydrogens (tertiary/aromatic N) is 2. The molecule has 14 nitrogen and oxygen atoms in total. The van der Waals surface area contributed by atoms with Gasteiger partial charge >= 0.3 is 5.97 Å². The third kappa shape index (κ3) is 12.1. The summed E-state index contributed by atoms with van der Waals surface area (Å²) in [6.45, 7) is 3.94. The highest BCUT2D eigenvalue weighted by molar-refractivity contribution is 5.97. The summed E-state index contributed by atoms with van der Waals surface area (Å²) in [6.07, 6.45) is 10.6. The summed E-state index contributed by atoms with van der Waals surface area (Å²) in [4.78, 5) is 83.2. The fourth-order valence-corrected chi connectivity index (χ4v) is 8.68. The number of likely N-dealkylation sites (N-methyl/N-ethyl adjacent to an activating group) is 1. The van der Waals surface area contributed by atoms with Crippen molar-refractivity contribution in [3.8, 4) is 33.8 Å². The predicted molar refractivity (Wildman–Crippen MR) is 247 cm³/mol. The van der Waals surface area contributed by atoms with Crippen LogP contribution in [0.3, 0.4) is 0 Å². The Labute approximate surface area is 380 Å². The number of rotatable bonds is 16. The molecule has 5 amide bonds. The number of benzene rings is 4. The van der Waals surface area contributed by atoms with Crippen molar-refractivity contribution in [2.45, 2.75) is 115 Å². The number of aryl methyl sites for hydroxylation is 1. The number of likely N-dealkylation sites (tertiary alicyclic amines) is 1. The summed E-state index contributed by atoms with van der Waals surface area (Å²) < 4.78 is 0. The molecule has 344 valence electrons. The van der Waals surface area contributed by atoms with Crippen LogP contribution in [-0.4, -0.2) is 98.9 Å². The van der Waals surface area contributed by atoms with Gasteiger partial charge in [-0.15, -0.1) is 0 Å². The Kier molecular flexibility index (Phi) is 16.4. The van der Waals surface area contributed by atoms with Gasteiger partial charge in [0.2, 0.25) is 23.6 Å². The van der Waals surface area contributed by atoms with E-state index < -0.39 is 47.9 Å². The van der Waals surface area contributed by atoms with E-state index in [4.69, 9.17) is 0 Å².